The summed E-state index contributed by atoms with van der Waals surface area (Å²) in [5.74, 6) is -1.18. The molecule has 0 spiro atoms. The zero-order valence-electron chi connectivity index (χ0n) is 10.4. The van der Waals surface area contributed by atoms with E-state index in [0.717, 1.165) is 5.56 Å². The third-order valence-corrected chi connectivity index (χ3v) is 2.54. The van der Waals surface area contributed by atoms with E-state index in [-0.39, 0.29) is 17.9 Å². The molecule has 17 heavy (non-hydrogen) atoms. The van der Waals surface area contributed by atoms with Crippen molar-refractivity contribution in [2.45, 2.75) is 32.9 Å². The van der Waals surface area contributed by atoms with Crippen LogP contribution in [-0.4, -0.2) is 28.1 Å². The van der Waals surface area contributed by atoms with Gasteiger partial charge in [-0.2, -0.15) is 0 Å². The minimum absolute atomic E-state index is 0.0555. The summed E-state index contributed by atoms with van der Waals surface area (Å²) in [6.07, 6.45) is 0. The number of hydrogen-bond acceptors (Lipinski definition) is 2. The maximum atomic E-state index is 13.0. The van der Waals surface area contributed by atoms with Crippen molar-refractivity contribution in [1.82, 2.24) is 4.90 Å². The second kappa shape index (κ2) is 5.27. The lowest BCUT2D eigenvalue weighted by Gasteiger charge is -2.34. The molecule has 0 radical (unpaired) electrons. The van der Waals surface area contributed by atoms with Crippen LogP contribution in [0.2, 0.25) is 0 Å². The Labute approximate surface area is 101 Å². The smallest absolute Gasteiger partial charge is 0.317 e. The van der Waals surface area contributed by atoms with Crippen molar-refractivity contribution >= 4 is 5.97 Å². The largest absolute Gasteiger partial charge is 0.480 e. The molecule has 1 aromatic carbocycles. The molecule has 0 unspecified atom stereocenters. The molecule has 1 N–H and O–H groups in total. The van der Waals surface area contributed by atoms with E-state index in [1.165, 1.54) is 12.1 Å². The molecule has 1 aromatic rings. The quantitative estimate of drug-likeness (QED) is 0.877. The molecule has 3 nitrogen and oxygen atoms in total. The summed E-state index contributed by atoms with van der Waals surface area (Å²) >= 11 is 0. The van der Waals surface area contributed by atoms with E-state index < -0.39 is 5.97 Å². The molecule has 0 saturated carbocycles. The molecular formula is C13H18FNO2. The second-order valence-electron chi connectivity index (χ2n) is 5.05. The van der Waals surface area contributed by atoms with Crippen molar-refractivity contribution in [3.63, 3.8) is 0 Å². The van der Waals surface area contributed by atoms with Crippen molar-refractivity contribution in [3.05, 3.63) is 35.6 Å². The van der Waals surface area contributed by atoms with E-state index in [1.54, 1.807) is 17.0 Å². The molecule has 0 fully saturated rings. The highest BCUT2D eigenvalue weighted by Gasteiger charge is 2.23. The van der Waals surface area contributed by atoms with E-state index in [0.29, 0.717) is 6.54 Å². The number of nitrogens with zero attached hydrogens (tertiary/aromatic N) is 1. The third-order valence-electron chi connectivity index (χ3n) is 2.54. The molecule has 0 saturated heterocycles. The molecule has 0 atom stereocenters. The van der Waals surface area contributed by atoms with Crippen LogP contribution < -0.4 is 0 Å². The van der Waals surface area contributed by atoms with Gasteiger partial charge in [-0.3, -0.25) is 9.69 Å². The van der Waals surface area contributed by atoms with E-state index in [4.69, 9.17) is 5.11 Å². The summed E-state index contributed by atoms with van der Waals surface area (Å²) in [6, 6.07) is 6.23. The number of benzene rings is 1. The molecule has 4 heteroatoms. The molecule has 0 aromatic heterocycles. The first-order chi connectivity index (χ1) is 7.79. The van der Waals surface area contributed by atoms with Gasteiger partial charge in [-0.1, -0.05) is 12.1 Å². The van der Waals surface area contributed by atoms with E-state index in [1.807, 2.05) is 20.8 Å². The lowest BCUT2D eigenvalue weighted by atomic mass is 10.0. The van der Waals surface area contributed by atoms with Gasteiger partial charge in [-0.15, -0.1) is 0 Å². The highest BCUT2D eigenvalue weighted by molar-refractivity contribution is 5.69. The molecule has 0 aliphatic carbocycles. The first kappa shape index (κ1) is 13.6. The minimum Gasteiger partial charge on any atom is -0.480 e. The summed E-state index contributed by atoms with van der Waals surface area (Å²) in [5, 5.41) is 8.86. The SMILES string of the molecule is CC(C)(C)N(CC(=O)O)Cc1cccc(F)c1. The summed E-state index contributed by atoms with van der Waals surface area (Å²) in [5.41, 5.74) is 0.506. The molecule has 0 aliphatic heterocycles. The van der Waals surface area contributed by atoms with Crippen LogP contribution in [-0.2, 0) is 11.3 Å². The summed E-state index contributed by atoms with van der Waals surface area (Å²) in [6.45, 7) is 6.19. The topological polar surface area (TPSA) is 40.5 Å². The zero-order valence-corrected chi connectivity index (χ0v) is 10.4. The number of hydrogen-bond donors (Lipinski definition) is 1. The van der Waals surface area contributed by atoms with Crippen LogP contribution >= 0.6 is 0 Å². The van der Waals surface area contributed by atoms with E-state index in [9.17, 15) is 9.18 Å². The molecule has 94 valence electrons. The fourth-order valence-corrected chi connectivity index (χ4v) is 1.55. The van der Waals surface area contributed by atoms with Gasteiger partial charge in [0.2, 0.25) is 0 Å². The van der Waals surface area contributed by atoms with Gasteiger partial charge < -0.3 is 5.11 Å². The van der Waals surface area contributed by atoms with Gasteiger partial charge in [0.15, 0.2) is 0 Å². The Balaban J connectivity index is 2.83. The van der Waals surface area contributed by atoms with Gasteiger partial charge >= 0.3 is 5.97 Å². The molecular weight excluding hydrogens is 221 g/mol. The highest BCUT2D eigenvalue weighted by Crippen LogP contribution is 2.17. The van der Waals surface area contributed by atoms with Crippen LogP contribution in [0.5, 0.6) is 0 Å². The fourth-order valence-electron chi connectivity index (χ4n) is 1.55. The van der Waals surface area contributed by atoms with E-state index >= 15 is 0 Å². The standard InChI is InChI=1S/C13H18FNO2/c1-13(2,3)15(9-12(16)17)8-10-5-4-6-11(14)7-10/h4-7H,8-9H2,1-3H3,(H,16,17). The Morgan fingerprint density at radius 1 is 1.41 bits per heavy atom. The fraction of sp³-hybridized carbons (Fsp3) is 0.462. The van der Waals surface area contributed by atoms with Gasteiger partial charge in [-0.05, 0) is 38.5 Å². The van der Waals surface area contributed by atoms with Crippen LogP contribution in [0.1, 0.15) is 26.3 Å². The highest BCUT2D eigenvalue weighted by atomic mass is 19.1. The number of carbonyl (C=O) groups is 1. The van der Waals surface area contributed by atoms with Crippen LogP contribution in [0.25, 0.3) is 0 Å². The number of aliphatic carboxylic acids is 1. The van der Waals surface area contributed by atoms with Crippen molar-refractivity contribution in [3.8, 4) is 0 Å². The first-order valence-corrected chi connectivity index (χ1v) is 5.50. The van der Waals surface area contributed by atoms with Gasteiger partial charge in [0.1, 0.15) is 5.82 Å². The van der Waals surface area contributed by atoms with E-state index in [2.05, 4.69) is 0 Å². The second-order valence-corrected chi connectivity index (χ2v) is 5.05. The van der Waals surface area contributed by atoms with Crippen LogP contribution in [0, 0.1) is 5.82 Å². The Hall–Kier alpha value is -1.42. The Morgan fingerprint density at radius 2 is 2.06 bits per heavy atom. The average Bonchev–Trinajstić information content (AvgIpc) is 2.14. The third kappa shape index (κ3) is 4.53. The minimum atomic E-state index is -0.878. The molecule has 1 rings (SSSR count). The maximum Gasteiger partial charge on any atom is 0.317 e. The Bertz CT molecular complexity index is 399. The molecule has 0 amide bonds. The summed E-state index contributed by atoms with van der Waals surface area (Å²) in [7, 11) is 0. The van der Waals surface area contributed by atoms with Gasteiger partial charge in [0.25, 0.3) is 0 Å². The van der Waals surface area contributed by atoms with Gasteiger partial charge in [0.05, 0.1) is 6.54 Å². The molecule has 0 aliphatic rings. The van der Waals surface area contributed by atoms with Gasteiger partial charge in [-0.25, -0.2) is 4.39 Å². The normalized spacial score (nSPS) is 11.8. The summed E-state index contributed by atoms with van der Waals surface area (Å²) in [4.78, 5) is 12.6. The number of carboxylic acid groups (broad SMARTS) is 1. The zero-order chi connectivity index (χ0) is 13.1. The predicted octanol–water partition coefficient (Wildman–Crippen LogP) is 2.51. The average molecular weight is 239 g/mol. The van der Waals surface area contributed by atoms with Crippen LogP contribution in [0.15, 0.2) is 24.3 Å². The van der Waals surface area contributed by atoms with Crippen molar-refractivity contribution < 1.29 is 14.3 Å². The number of rotatable bonds is 4. The lowest BCUT2D eigenvalue weighted by molar-refractivity contribution is -0.139. The van der Waals surface area contributed by atoms with Crippen molar-refractivity contribution in [2.75, 3.05) is 6.54 Å². The van der Waals surface area contributed by atoms with Crippen molar-refractivity contribution in [2.24, 2.45) is 0 Å². The Kier molecular flexibility index (Phi) is 4.23. The Morgan fingerprint density at radius 3 is 2.53 bits per heavy atom. The van der Waals surface area contributed by atoms with Crippen molar-refractivity contribution in [1.29, 1.82) is 0 Å². The van der Waals surface area contributed by atoms with Gasteiger partial charge in [0, 0.05) is 12.1 Å². The van der Waals surface area contributed by atoms with Crippen LogP contribution in [0.3, 0.4) is 0 Å². The number of halogens is 1. The lowest BCUT2D eigenvalue weighted by Crippen LogP contribution is -2.43. The number of carboxylic acids is 1. The first-order valence-electron chi connectivity index (χ1n) is 5.50. The maximum absolute atomic E-state index is 13.0. The summed E-state index contributed by atoms with van der Waals surface area (Å²) < 4.78 is 13.0. The monoisotopic (exact) mass is 239 g/mol. The predicted molar refractivity (Wildman–Crippen MR) is 64.2 cm³/mol. The van der Waals surface area contributed by atoms with Crippen LogP contribution in [0.4, 0.5) is 4.39 Å². The molecule has 0 bridgehead atoms. The molecule has 0 heterocycles.